The second kappa shape index (κ2) is 8.47. The van der Waals surface area contributed by atoms with E-state index in [2.05, 4.69) is 5.32 Å². The largest absolute Gasteiger partial charge is 0.444 e. The third kappa shape index (κ3) is 5.99. The molecule has 0 radical (unpaired) electrons. The Kier molecular flexibility index (Phi) is 6.66. The number of hydrogen-bond donors (Lipinski definition) is 1. The van der Waals surface area contributed by atoms with Gasteiger partial charge in [-0.15, -0.1) is 0 Å². The van der Waals surface area contributed by atoms with Crippen molar-refractivity contribution in [2.24, 2.45) is 5.92 Å². The number of carbonyl (C=O) groups excluding carboxylic acids is 1. The zero-order chi connectivity index (χ0) is 22.0. The Bertz CT molecular complexity index is 789. The lowest BCUT2D eigenvalue weighted by Crippen LogP contribution is -2.44. The van der Waals surface area contributed by atoms with E-state index in [9.17, 15) is 22.4 Å². The second-order valence-electron chi connectivity index (χ2n) is 8.23. The number of rotatable bonds is 3. The number of nitrogens with zero attached hydrogens (tertiary/aromatic N) is 2. The van der Waals surface area contributed by atoms with Crippen molar-refractivity contribution in [2.75, 3.05) is 18.4 Å². The fourth-order valence-corrected chi connectivity index (χ4v) is 3.34. The van der Waals surface area contributed by atoms with Gasteiger partial charge in [0.15, 0.2) is 0 Å². The van der Waals surface area contributed by atoms with Gasteiger partial charge in [-0.1, -0.05) is 0 Å². The van der Waals surface area contributed by atoms with Crippen LogP contribution >= 0.6 is 0 Å². The first-order valence-corrected chi connectivity index (χ1v) is 9.37. The molecule has 0 bridgehead atoms. The normalized spacial score (nSPS) is 16.9. The van der Waals surface area contributed by atoms with Crippen LogP contribution in [0.2, 0.25) is 0 Å². The van der Waals surface area contributed by atoms with Crippen molar-refractivity contribution in [3.63, 3.8) is 0 Å². The lowest BCUT2D eigenvalue weighted by atomic mass is 9.90. The maximum absolute atomic E-state index is 14.0. The molecule has 1 atom stereocenters. The summed E-state index contributed by atoms with van der Waals surface area (Å²) in [5, 5.41) is 11.7. The summed E-state index contributed by atoms with van der Waals surface area (Å²) in [5.74, 6) is -1.51. The molecule has 0 aliphatic carbocycles. The highest BCUT2D eigenvalue weighted by Gasteiger charge is 2.38. The SMILES string of the molecule is CC(Nc1cc(C#N)cc(F)c1C(F)(F)F)C1CCN(C(=O)OC(C)(C)C)CC1. The summed E-state index contributed by atoms with van der Waals surface area (Å²) >= 11 is 0. The molecule has 0 spiro atoms. The smallest absolute Gasteiger partial charge is 0.421 e. The van der Waals surface area contributed by atoms with Crippen LogP contribution in [0, 0.1) is 23.1 Å². The van der Waals surface area contributed by atoms with Gasteiger partial charge in [0.05, 0.1) is 17.3 Å². The minimum Gasteiger partial charge on any atom is -0.444 e. The summed E-state index contributed by atoms with van der Waals surface area (Å²) in [6.45, 7) is 7.88. The van der Waals surface area contributed by atoms with Gasteiger partial charge in [0.1, 0.15) is 17.0 Å². The average molecular weight is 415 g/mol. The topological polar surface area (TPSA) is 65.4 Å². The maximum Gasteiger partial charge on any atom is 0.421 e. The van der Waals surface area contributed by atoms with E-state index in [0.717, 1.165) is 6.07 Å². The highest BCUT2D eigenvalue weighted by Crippen LogP contribution is 2.38. The molecule has 1 aromatic rings. The number of piperidine rings is 1. The van der Waals surface area contributed by atoms with Crippen LogP contribution in [-0.4, -0.2) is 35.7 Å². The van der Waals surface area contributed by atoms with Crippen molar-refractivity contribution < 1.29 is 27.1 Å². The number of anilines is 1. The van der Waals surface area contributed by atoms with Crippen LogP contribution in [0.4, 0.5) is 28.0 Å². The molecule has 1 fully saturated rings. The number of amides is 1. The number of likely N-dealkylation sites (tertiary alicyclic amines) is 1. The van der Waals surface area contributed by atoms with Gasteiger partial charge in [0, 0.05) is 19.1 Å². The molecule has 0 aromatic heterocycles. The van der Waals surface area contributed by atoms with Gasteiger partial charge in [-0.25, -0.2) is 9.18 Å². The Balaban J connectivity index is 2.09. The van der Waals surface area contributed by atoms with Crippen molar-refractivity contribution in [2.45, 2.75) is 58.4 Å². The van der Waals surface area contributed by atoms with E-state index in [0.29, 0.717) is 32.0 Å². The number of carbonyl (C=O) groups is 1. The summed E-state index contributed by atoms with van der Waals surface area (Å²) in [6, 6.07) is 2.85. The molecule has 1 N–H and O–H groups in total. The van der Waals surface area contributed by atoms with E-state index in [1.54, 1.807) is 38.7 Å². The number of alkyl halides is 3. The van der Waals surface area contributed by atoms with Gasteiger partial charge in [-0.2, -0.15) is 18.4 Å². The molecule has 1 amide bonds. The second-order valence-corrected chi connectivity index (χ2v) is 8.23. The van der Waals surface area contributed by atoms with Crippen LogP contribution < -0.4 is 5.32 Å². The Morgan fingerprint density at radius 1 is 1.28 bits per heavy atom. The van der Waals surface area contributed by atoms with Gasteiger partial charge in [0.25, 0.3) is 0 Å². The highest BCUT2D eigenvalue weighted by atomic mass is 19.4. The van der Waals surface area contributed by atoms with Crippen LogP contribution in [-0.2, 0) is 10.9 Å². The molecule has 1 unspecified atom stereocenters. The van der Waals surface area contributed by atoms with E-state index in [1.807, 2.05) is 0 Å². The summed E-state index contributed by atoms with van der Waals surface area (Å²) in [5.41, 5.74) is -2.65. The van der Waals surface area contributed by atoms with Crippen molar-refractivity contribution in [3.8, 4) is 6.07 Å². The van der Waals surface area contributed by atoms with Crippen LogP contribution in [0.3, 0.4) is 0 Å². The lowest BCUT2D eigenvalue weighted by molar-refractivity contribution is -0.139. The quantitative estimate of drug-likeness (QED) is 0.693. The van der Waals surface area contributed by atoms with Crippen LogP contribution in [0.25, 0.3) is 0 Å². The maximum atomic E-state index is 14.0. The van der Waals surface area contributed by atoms with Gasteiger partial charge >= 0.3 is 12.3 Å². The van der Waals surface area contributed by atoms with E-state index < -0.39 is 41.0 Å². The Labute approximate surface area is 167 Å². The number of halogens is 4. The molecule has 1 heterocycles. The first-order valence-electron chi connectivity index (χ1n) is 9.37. The molecule has 1 aliphatic heterocycles. The number of nitrogens with one attached hydrogen (secondary N) is 1. The highest BCUT2D eigenvalue weighted by molar-refractivity contribution is 5.68. The molecular weight excluding hydrogens is 390 g/mol. The summed E-state index contributed by atoms with van der Waals surface area (Å²) in [6.07, 6.45) is -4.18. The van der Waals surface area contributed by atoms with E-state index in [4.69, 9.17) is 10.00 Å². The molecule has 2 rings (SSSR count). The first-order chi connectivity index (χ1) is 13.3. The summed E-state index contributed by atoms with van der Waals surface area (Å²) in [4.78, 5) is 13.7. The zero-order valence-corrected chi connectivity index (χ0v) is 16.9. The monoisotopic (exact) mass is 415 g/mol. The number of benzene rings is 1. The summed E-state index contributed by atoms with van der Waals surface area (Å²) in [7, 11) is 0. The molecule has 160 valence electrons. The van der Waals surface area contributed by atoms with Gasteiger partial charge in [-0.3, -0.25) is 0 Å². The van der Waals surface area contributed by atoms with Crippen molar-refractivity contribution in [1.29, 1.82) is 5.26 Å². The van der Waals surface area contributed by atoms with Gasteiger partial charge in [-0.05, 0) is 58.6 Å². The Morgan fingerprint density at radius 2 is 1.86 bits per heavy atom. The fourth-order valence-electron chi connectivity index (χ4n) is 3.34. The Morgan fingerprint density at radius 3 is 2.34 bits per heavy atom. The van der Waals surface area contributed by atoms with Gasteiger partial charge < -0.3 is 15.0 Å². The van der Waals surface area contributed by atoms with Crippen molar-refractivity contribution in [1.82, 2.24) is 4.90 Å². The predicted octanol–water partition coefficient (Wildman–Crippen LogP) is 5.16. The average Bonchev–Trinajstić information content (AvgIpc) is 2.58. The standard InChI is InChI=1S/C20H25F4N3O2/c1-12(14-5-7-27(8-6-14)18(28)29-19(2,3)4)26-16-10-13(11-25)9-15(21)17(16)20(22,23)24/h9-10,12,14,26H,5-8H2,1-4H3. The third-order valence-electron chi connectivity index (χ3n) is 4.78. The predicted molar refractivity (Wildman–Crippen MR) is 99.7 cm³/mol. The summed E-state index contributed by atoms with van der Waals surface area (Å²) < 4.78 is 59.2. The van der Waals surface area contributed by atoms with Crippen LogP contribution in [0.1, 0.15) is 51.7 Å². The number of hydrogen-bond acceptors (Lipinski definition) is 4. The molecule has 29 heavy (non-hydrogen) atoms. The molecule has 0 saturated carbocycles. The Hall–Kier alpha value is -2.50. The van der Waals surface area contributed by atoms with E-state index in [-0.39, 0.29) is 11.5 Å². The first kappa shape index (κ1) is 22.8. The van der Waals surface area contributed by atoms with Crippen LogP contribution in [0.15, 0.2) is 12.1 Å². The molecule has 1 aromatic carbocycles. The molecular formula is C20H25F4N3O2. The van der Waals surface area contributed by atoms with Crippen molar-refractivity contribution in [3.05, 3.63) is 29.1 Å². The molecule has 9 heteroatoms. The van der Waals surface area contributed by atoms with Crippen LogP contribution in [0.5, 0.6) is 0 Å². The minimum atomic E-state index is -4.89. The number of nitriles is 1. The lowest BCUT2D eigenvalue weighted by Gasteiger charge is -2.36. The third-order valence-corrected chi connectivity index (χ3v) is 4.78. The van der Waals surface area contributed by atoms with E-state index >= 15 is 0 Å². The molecule has 1 saturated heterocycles. The zero-order valence-electron chi connectivity index (χ0n) is 16.9. The van der Waals surface area contributed by atoms with Gasteiger partial charge in [0.2, 0.25) is 0 Å². The minimum absolute atomic E-state index is 0.0245. The van der Waals surface area contributed by atoms with Crippen molar-refractivity contribution >= 4 is 11.8 Å². The molecule has 1 aliphatic rings. The number of ether oxygens (including phenoxy) is 1. The fraction of sp³-hybridized carbons (Fsp3) is 0.600. The molecule has 5 nitrogen and oxygen atoms in total. The van der Waals surface area contributed by atoms with E-state index in [1.165, 1.54) is 0 Å².